The third kappa shape index (κ3) is 3.19. The number of allylic oxidation sites excluding steroid dienone is 1. The van der Waals surface area contributed by atoms with Crippen LogP contribution in [0.15, 0.2) is 76.7 Å². The second-order valence-electron chi connectivity index (χ2n) is 4.57. The van der Waals surface area contributed by atoms with E-state index in [1.54, 1.807) is 47.0 Å². The van der Waals surface area contributed by atoms with E-state index >= 15 is 0 Å². The first-order valence-corrected chi connectivity index (χ1v) is 10.1. The van der Waals surface area contributed by atoms with Gasteiger partial charge in [-0.2, -0.15) is 0 Å². The molecule has 0 N–H and O–H groups in total. The lowest BCUT2D eigenvalue weighted by Gasteiger charge is -2.01. The zero-order chi connectivity index (χ0) is 15.6. The van der Waals surface area contributed by atoms with Crippen molar-refractivity contribution in [3.63, 3.8) is 0 Å². The van der Waals surface area contributed by atoms with Crippen molar-refractivity contribution >= 4 is 58.7 Å². The molecule has 0 spiro atoms. The topological polar surface area (TPSA) is 38.7 Å². The van der Waals surface area contributed by atoms with Crippen molar-refractivity contribution in [3.8, 4) is 0 Å². The summed E-state index contributed by atoms with van der Waals surface area (Å²) in [6, 6.07) is 9.61. The van der Waals surface area contributed by atoms with Crippen LogP contribution in [0.1, 0.15) is 5.56 Å². The zero-order valence-electron chi connectivity index (χ0n) is 11.6. The van der Waals surface area contributed by atoms with E-state index in [2.05, 4.69) is 21.4 Å². The van der Waals surface area contributed by atoms with Crippen molar-refractivity contribution < 1.29 is 9.63 Å². The van der Waals surface area contributed by atoms with Crippen molar-refractivity contribution in [2.24, 2.45) is 5.16 Å². The van der Waals surface area contributed by atoms with Gasteiger partial charge in [-0.15, -0.1) is 0 Å². The van der Waals surface area contributed by atoms with E-state index in [0.717, 1.165) is 10.5 Å². The largest absolute Gasteiger partial charge is 0.368 e. The van der Waals surface area contributed by atoms with Gasteiger partial charge < -0.3 is 4.84 Å². The molecule has 3 nitrogen and oxygen atoms in total. The summed E-state index contributed by atoms with van der Waals surface area (Å²) >= 11 is 6.84. The van der Waals surface area contributed by atoms with Gasteiger partial charge in [-0.25, -0.2) is 4.79 Å². The van der Waals surface area contributed by atoms with Gasteiger partial charge in [-0.05, 0) is 22.3 Å². The first kappa shape index (κ1) is 15.3. The standard InChI is InChI=1S/C16H9NO2S4/c18-14-12(13(17-19-14)10-4-2-1-3-5-10)8-11-9-22-16(23-11)15-20-6-7-21-15/h1-9H/b12-8-. The summed E-state index contributed by atoms with van der Waals surface area (Å²) in [5.74, 6) is -0.400. The molecule has 7 heteroatoms. The number of carbonyl (C=O) groups is 1. The van der Waals surface area contributed by atoms with Gasteiger partial charge in [0.2, 0.25) is 0 Å². The van der Waals surface area contributed by atoms with Crippen LogP contribution in [-0.4, -0.2) is 11.7 Å². The Morgan fingerprint density at radius 3 is 2.57 bits per heavy atom. The van der Waals surface area contributed by atoms with Crippen LogP contribution in [0.4, 0.5) is 0 Å². The van der Waals surface area contributed by atoms with E-state index in [1.807, 2.05) is 36.4 Å². The van der Waals surface area contributed by atoms with Crippen LogP contribution in [0.2, 0.25) is 0 Å². The Morgan fingerprint density at radius 2 is 1.78 bits per heavy atom. The molecule has 0 amide bonds. The summed E-state index contributed by atoms with van der Waals surface area (Å²) in [5.41, 5.74) is 1.98. The highest BCUT2D eigenvalue weighted by Crippen LogP contribution is 2.53. The molecular formula is C16H9NO2S4. The molecule has 23 heavy (non-hydrogen) atoms. The smallest absolute Gasteiger partial charge is 0.312 e. The molecule has 1 aromatic rings. The number of oxime groups is 1. The van der Waals surface area contributed by atoms with Gasteiger partial charge in [0.05, 0.1) is 14.0 Å². The highest BCUT2D eigenvalue weighted by atomic mass is 32.2. The number of carbonyl (C=O) groups excluding carboxylic acids is 1. The molecule has 1 aromatic carbocycles. The minimum absolute atomic E-state index is 0.400. The van der Waals surface area contributed by atoms with E-state index < -0.39 is 5.97 Å². The monoisotopic (exact) mass is 375 g/mol. The predicted octanol–water partition coefficient (Wildman–Crippen LogP) is 5.27. The van der Waals surface area contributed by atoms with Crippen molar-refractivity contribution in [2.45, 2.75) is 0 Å². The second kappa shape index (κ2) is 6.68. The first-order valence-electron chi connectivity index (χ1n) is 6.65. The number of thioether (sulfide) groups is 4. The van der Waals surface area contributed by atoms with Gasteiger partial charge in [0.25, 0.3) is 0 Å². The molecule has 3 heterocycles. The van der Waals surface area contributed by atoms with Crippen LogP contribution in [0, 0.1) is 0 Å². The molecular weight excluding hydrogens is 366 g/mol. The molecule has 3 aliphatic heterocycles. The van der Waals surface area contributed by atoms with E-state index in [1.165, 1.54) is 8.47 Å². The van der Waals surface area contributed by atoms with Gasteiger partial charge in [-0.1, -0.05) is 82.5 Å². The van der Waals surface area contributed by atoms with Gasteiger partial charge in [0.15, 0.2) is 0 Å². The molecule has 0 aromatic heterocycles. The molecule has 0 saturated heterocycles. The summed E-state index contributed by atoms with van der Waals surface area (Å²) in [7, 11) is 0. The molecule has 0 bridgehead atoms. The van der Waals surface area contributed by atoms with Crippen LogP contribution >= 0.6 is 47.0 Å². The van der Waals surface area contributed by atoms with Crippen LogP contribution < -0.4 is 0 Å². The SMILES string of the molecule is O=C1ON=C(c2ccccc2)/C1=C/C1=CSC(=C2SC=CS2)S1. The van der Waals surface area contributed by atoms with Gasteiger partial charge in [0, 0.05) is 10.5 Å². The summed E-state index contributed by atoms with van der Waals surface area (Å²) in [5, 5.41) is 10.2. The Hall–Kier alpha value is -1.28. The van der Waals surface area contributed by atoms with Crippen LogP contribution in [0.3, 0.4) is 0 Å². The van der Waals surface area contributed by atoms with E-state index in [-0.39, 0.29) is 0 Å². The Morgan fingerprint density at radius 1 is 1.00 bits per heavy atom. The first-order chi connectivity index (χ1) is 11.3. The minimum Gasteiger partial charge on any atom is -0.312 e. The number of benzene rings is 1. The number of nitrogens with zero attached hydrogens (tertiary/aromatic N) is 1. The number of hydrogen-bond acceptors (Lipinski definition) is 7. The maximum absolute atomic E-state index is 12.0. The molecule has 4 rings (SSSR count). The fourth-order valence-corrected chi connectivity index (χ4v) is 6.46. The average molecular weight is 376 g/mol. The summed E-state index contributed by atoms with van der Waals surface area (Å²) in [6.07, 6.45) is 1.87. The predicted molar refractivity (Wildman–Crippen MR) is 102 cm³/mol. The molecule has 0 saturated carbocycles. The second-order valence-corrected chi connectivity index (χ2v) is 8.88. The fourth-order valence-electron chi connectivity index (χ4n) is 2.08. The fraction of sp³-hybridized carbons (Fsp3) is 0. The quantitative estimate of drug-likeness (QED) is 0.518. The third-order valence-corrected chi connectivity index (χ3v) is 8.08. The van der Waals surface area contributed by atoms with Crippen LogP contribution in [0.5, 0.6) is 0 Å². The van der Waals surface area contributed by atoms with E-state index in [9.17, 15) is 4.79 Å². The lowest BCUT2D eigenvalue weighted by Crippen LogP contribution is -2.06. The molecule has 0 unspecified atom stereocenters. The highest BCUT2D eigenvalue weighted by molar-refractivity contribution is 8.33. The lowest BCUT2D eigenvalue weighted by atomic mass is 10.0. The third-order valence-electron chi connectivity index (χ3n) is 3.09. The van der Waals surface area contributed by atoms with Gasteiger partial charge in [-0.3, -0.25) is 0 Å². The molecule has 0 atom stereocenters. The van der Waals surface area contributed by atoms with E-state index in [4.69, 9.17) is 4.84 Å². The normalized spacial score (nSPS) is 21.9. The number of hydrogen-bond donors (Lipinski definition) is 0. The molecule has 0 aliphatic carbocycles. The maximum atomic E-state index is 12.0. The zero-order valence-corrected chi connectivity index (χ0v) is 14.9. The Balaban J connectivity index is 1.59. The summed E-state index contributed by atoms with van der Waals surface area (Å²) in [4.78, 5) is 17.9. The molecule has 114 valence electrons. The van der Waals surface area contributed by atoms with Crippen LogP contribution in [-0.2, 0) is 9.63 Å². The number of rotatable bonds is 2. The average Bonchev–Trinajstić information content (AvgIpc) is 3.31. The van der Waals surface area contributed by atoms with Crippen molar-refractivity contribution in [1.29, 1.82) is 0 Å². The minimum atomic E-state index is -0.400. The van der Waals surface area contributed by atoms with Gasteiger partial charge >= 0.3 is 5.97 Å². The lowest BCUT2D eigenvalue weighted by molar-refractivity contribution is -0.136. The van der Waals surface area contributed by atoms with Crippen molar-refractivity contribution in [1.82, 2.24) is 0 Å². The van der Waals surface area contributed by atoms with Crippen molar-refractivity contribution in [2.75, 3.05) is 0 Å². The summed E-state index contributed by atoms with van der Waals surface area (Å²) in [6.45, 7) is 0. The Kier molecular flexibility index (Phi) is 4.43. The molecule has 0 radical (unpaired) electrons. The molecule has 3 aliphatic rings. The Bertz CT molecular complexity index is 812. The summed E-state index contributed by atoms with van der Waals surface area (Å²) < 4.78 is 2.54. The Labute approximate surface area is 150 Å². The molecule has 0 fully saturated rings. The van der Waals surface area contributed by atoms with Crippen molar-refractivity contribution in [3.05, 3.63) is 77.1 Å². The maximum Gasteiger partial charge on any atom is 0.368 e. The highest BCUT2D eigenvalue weighted by Gasteiger charge is 2.28. The van der Waals surface area contributed by atoms with E-state index in [0.29, 0.717) is 11.3 Å². The van der Waals surface area contributed by atoms with Gasteiger partial charge in [0.1, 0.15) is 5.71 Å². The van der Waals surface area contributed by atoms with Crippen LogP contribution in [0.25, 0.3) is 0 Å².